The molecule has 19 heavy (non-hydrogen) atoms. The Morgan fingerprint density at radius 3 is 2.21 bits per heavy atom. The number of carbonyl (C=O) groups is 1. The number of Topliss-reactive ketones (excluding diaryl/α,β-unsaturated/α-hetero) is 1. The maximum absolute atomic E-state index is 12.4. The highest BCUT2D eigenvalue weighted by molar-refractivity contribution is 6.70. The molecule has 0 saturated carbocycles. The van der Waals surface area contributed by atoms with E-state index in [9.17, 15) is 10.1 Å². The lowest BCUT2D eigenvalue weighted by atomic mass is 9.71. The van der Waals surface area contributed by atoms with Crippen molar-refractivity contribution in [3.8, 4) is 6.07 Å². The van der Waals surface area contributed by atoms with E-state index in [2.05, 4.69) is 6.07 Å². The Hall–Kier alpha value is -1.70. The Bertz CT molecular complexity index is 593. The zero-order valence-electron chi connectivity index (χ0n) is 11.7. The number of nitrogens with zero attached hydrogens (tertiary/aromatic N) is 1. The van der Waals surface area contributed by atoms with Crippen LogP contribution in [0.15, 0.2) is 35.9 Å². The van der Waals surface area contributed by atoms with Crippen LogP contribution in [-0.2, 0) is 9.22 Å². The molecule has 98 valence electrons. The second-order valence-corrected chi connectivity index (χ2v) is 10.1. The van der Waals surface area contributed by atoms with Crippen molar-refractivity contribution < 1.29 is 9.22 Å². The van der Waals surface area contributed by atoms with Crippen molar-refractivity contribution in [3.05, 3.63) is 41.5 Å². The minimum absolute atomic E-state index is 0.207. The third kappa shape index (κ3) is 2.16. The fourth-order valence-electron chi connectivity index (χ4n) is 2.32. The predicted octanol–water partition coefficient (Wildman–Crippen LogP) is 3.16. The molecule has 0 aliphatic heterocycles. The van der Waals surface area contributed by atoms with E-state index in [-0.39, 0.29) is 5.78 Å². The van der Waals surface area contributed by atoms with Crippen molar-refractivity contribution in [1.82, 2.24) is 0 Å². The van der Waals surface area contributed by atoms with Gasteiger partial charge in [0.2, 0.25) is 11.4 Å². The quantitative estimate of drug-likeness (QED) is 0.793. The Kier molecular flexibility index (Phi) is 3.21. The number of carbonyl (C=O) groups excluding carboxylic acids is 1. The van der Waals surface area contributed by atoms with Crippen LogP contribution in [0, 0.1) is 11.3 Å². The van der Waals surface area contributed by atoms with Crippen LogP contribution in [0.4, 0.5) is 0 Å². The van der Waals surface area contributed by atoms with Gasteiger partial charge in [-0.15, -0.1) is 0 Å². The standard InChI is InChI=1S/C15H17NO2Si/c1-11-13(12-8-6-5-7-9-12)14(17)15(11,10-16)18-19(2,3)4/h5-9H,1-4H3. The summed E-state index contributed by atoms with van der Waals surface area (Å²) in [5.74, 6) is -0.207. The minimum Gasteiger partial charge on any atom is -0.391 e. The third-order valence-corrected chi connectivity index (χ3v) is 4.05. The van der Waals surface area contributed by atoms with E-state index in [1.54, 1.807) is 0 Å². The van der Waals surface area contributed by atoms with Crippen LogP contribution in [0.5, 0.6) is 0 Å². The lowest BCUT2D eigenvalue weighted by molar-refractivity contribution is -0.125. The number of rotatable bonds is 3. The maximum atomic E-state index is 12.4. The highest BCUT2D eigenvalue weighted by Gasteiger charge is 2.55. The first-order valence-corrected chi connectivity index (χ1v) is 9.65. The molecular weight excluding hydrogens is 254 g/mol. The molecule has 1 aromatic rings. The van der Waals surface area contributed by atoms with Gasteiger partial charge in [0.15, 0.2) is 8.32 Å². The van der Waals surface area contributed by atoms with E-state index in [0.717, 1.165) is 11.1 Å². The summed E-state index contributed by atoms with van der Waals surface area (Å²) >= 11 is 0. The van der Waals surface area contributed by atoms with Gasteiger partial charge < -0.3 is 4.43 Å². The fraction of sp³-hybridized carbons (Fsp3) is 0.333. The van der Waals surface area contributed by atoms with Gasteiger partial charge in [0.1, 0.15) is 6.07 Å². The fourth-order valence-corrected chi connectivity index (χ4v) is 3.53. The molecule has 3 nitrogen and oxygen atoms in total. The van der Waals surface area contributed by atoms with E-state index in [4.69, 9.17) is 4.43 Å². The Balaban J connectivity index is 2.46. The highest BCUT2D eigenvalue weighted by atomic mass is 28.4. The topological polar surface area (TPSA) is 50.1 Å². The van der Waals surface area contributed by atoms with Crippen molar-refractivity contribution in [3.63, 3.8) is 0 Å². The summed E-state index contributed by atoms with van der Waals surface area (Å²) in [7, 11) is -1.97. The second kappa shape index (κ2) is 4.44. The van der Waals surface area contributed by atoms with Gasteiger partial charge in [-0.05, 0) is 37.7 Å². The molecule has 0 bridgehead atoms. The van der Waals surface area contributed by atoms with E-state index in [1.807, 2.05) is 56.9 Å². The first-order valence-electron chi connectivity index (χ1n) is 6.25. The molecule has 0 saturated heterocycles. The summed E-state index contributed by atoms with van der Waals surface area (Å²) in [4.78, 5) is 12.4. The molecule has 1 aromatic carbocycles. The Labute approximate surface area is 114 Å². The van der Waals surface area contributed by atoms with Crippen LogP contribution in [-0.4, -0.2) is 19.7 Å². The van der Waals surface area contributed by atoms with Crippen LogP contribution in [0.3, 0.4) is 0 Å². The van der Waals surface area contributed by atoms with Gasteiger partial charge in [-0.1, -0.05) is 30.3 Å². The molecule has 4 heteroatoms. The first-order chi connectivity index (χ1) is 8.82. The van der Waals surface area contributed by atoms with Crippen LogP contribution >= 0.6 is 0 Å². The van der Waals surface area contributed by atoms with Crippen LogP contribution in [0.2, 0.25) is 19.6 Å². The summed E-state index contributed by atoms with van der Waals surface area (Å²) in [6, 6.07) is 11.5. The zero-order chi connectivity index (χ0) is 14.3. The number of benzene rings is 1. The number of ketones is 1. The van der Waals surface area contributed by atoms with Crippen LogP contribution in [0.25, 0.3) is 5.57 Å². The average molecular weight is 271 g/mol. The largest absolute Gasteiger partial charge is 0.391 e. The van der Waals surface area contributed by atoms with Crippen molar-refractivity contribution in [2.45, 2.75) is 32.2 Å². The van der Waals surface area contributed by atoms with Gasteiger partial charge in [-0.3, -0.25) is 4.79 Å². The van der Waals surface area contributed by atoms with Crippen molar-refractivity contribution in [2.75, 3.05) is 0 Å². The molecule has 0 fully saturated rings. The molecule has 0 aromatic heterocycles. The monoisotopic (exact) mass is 271 g/mol. The molecule has 0 spiro atoms. The summed E-state index contributed by atoms with van der Waals surface area (Å²) in [6.07, 6.45) is 0. The SMILES string of the molecule is CC1=C(c2ccccc2)C(=O)C1(C#N)O[Si](C)(C)C. The summed E-state index contributed by atoms with van der Waals surface area (Å²) < 4.78 is 5.86. The molecule has 1 aliphatic rings. The van der Waals surface area contributed by atoms with E-state index < -0.39 is 13.9 Å². The molecule has 0 N–H and O–H groups in total. The van der Waals surface area contributed by atoms with Gasteiger partial charge in [-0.25, -0.2) is 0 Å². The molecule has 2 rings (SSSR count). The molecule has 0 radical (unpaired) electrons. The summed E-state index contributed by atoms with van der Waals surface area (Å²) in [5, 5.41) is 9.40. The molecule has 0 amide bonds. The molecule has 1 atom stereocenters. The smallest absolute Gasteiger partial charge is 0.231 e. The Morgan fingerprint density at radius 1 is 1.21 bits per heavy atom. The summed E-state index contributed by atoms with van der Waals surface area (Å²) in [6.45, 7) is 7.75. The van der Waals surface area contributed by atoms with Gasteiger partial charge in [0.05, 0.1) is 0 Å². The van der Waals surface area contributed by atoms with Gasteiger partial charge in [0.25, 0.3) is 0 Å². The number of hydrogen-bond donors (Lipinski definition) is 0. The average Bonchev–Trinajstić information content (AvgIpc) is 2.36. The lowest BCUT2D eigenvalue weighted by Gasteiger charge is -2.41. The van der Waals surface area contributed by atoms with Crippen molar-refractivity contribution in [1.29, 1.82) is 5.26 Å². The zero-order valence-corrected chi connectivity index (χ0v) is 12.7. The molecule has 1 unspecified atom stereocenters. The van der Waals surface area contributed by atoms with Gasteiger partial charge >= 0.3 is 0 Å². The minimum atomic E-state index is -1.97. The normalized spacial score (nSPS) is 23.0. The first kappa shape index (κ1) is 13.7. The van der Waals surface area contributed by atoms with Crippen LogP contribution < -0.4 is 0 Å². The second-order valence-electron chi connectivity index (χ2n) is 5.70. The van der Waals surface area contributed by atoms with Crippen LogP contribution in [0.1, 0.15) is 12.5 Å². The molecule has 0 heterocycles. The third-order valence-electron chi connectivity index (χ3n) is 3.13. The molecule has 1 aliphatic carbocycles. The molecular formula is C15H17NO2Si. The van der Waals surface area contributed by atoms with Crippen molar-refractivity contribution in [2.24, 2.45) is 0 Å². The van der Waals surface area contributed by atoms with E-state index in [0.29, 0.717) is 5.57 Å². The maximum Gasteiger partial charge on any atom is 0.231 e. The van der Waals surface area contributed by atoms with E-state index in [1.165, 1.54) is 0 Å². The Morgan fingerprint density at radius 2 is 1.79 bits per heavy atom. The lowest BCUT2D eigenvalue weighted by Crippen LogP contribution is -2.55. The number of hydrogen-bond acceptors (Lipinski definition) is 3. The van der Waals surface area contributed by atoms with Gasteiger partial charge in [-0.2, -0.15) is 5.26 Å². The van der Waals surface area contributed by atoms with Gasteiger partial charge in [0, 0.05) is 5.57 Å². The summed E-state index contributed by atoms with van der Waals surface area (Å²) in [5.41, 5.74) is 0.861. The van der Waals surface area contributed by atoms with Crippen molar-refractivity contribution >= 4 is 19.7 Å². The number of nitriles is 1. The predicted molar refractivity (Wildman–Crippen MR) is 76.8 cm³/mol. The van der Waals surface area contributed by atoms with E-state index >= 15 is 0 Å². The highest BCUT2D eigenvalue weighted by Crippen LogP contribution is 2.44.